The Balaban J connectivity index is 2.17. The lowest BCUT2D eigenvalue weighted by molar-refractivity contribution is -0.275. The Morgan fingerprint density at radius 3 is 2.63 bits per heavy atom. The molecule has 0 radical (unpaired) electrons. The number of phenolic OH excluding ortho intramolecular Hbond substituents is 1. The Hall–Kier alpha value is -4.31. The fourth-order valence-electron chi connectivity index (χ4n) is 3.61. The Morgan fingerprint density at radius 2 is 1.97 bits per heavy atom. The molecule has 0 saturated heterocycles. The summed E-state index contributed by atoms with van der Waals surface area (Å²) in [7, 11) is 0. The van der Waals surface area contributed by atoms with E-state index in [2.05, 4.69) is 15.0 Å². The molecule has 0 aliphatic rings. The monoisotopic (exact) mass is 505 g/mol. The minimum atomic E-state index is -5.14. The summed E-state index contributed by atoms with van der Waals surface area (Å²) >= 11 is 5.09. The van der Waals surface area contributed by atoms with E-state index in [9.17, 15) is 27.9 Å². The van der Waals surface area contributed by atoms with Crippen LogP contribution in [0, 0.1) is 11.3 Å². The molecule has 1 aromatic heterocycles. The predicted molar refractivity (Wildman–Crippen MR) is 123 cm³/mol. The third-order valence-electron chi connectivity index (χ3n) is 5.00. The number of primary amides is 1. The van der Waals surface area contributed by atoms with Gasteiger partial charge in [-0.05, 0) is 29.7 Å². The number of carbonyl (C=O) groups excluding carboxylic acids is 2. The van der Waals surface area contributed by atoms with Gasteiger partial charge in [-0.15, -0.1) is 13.2 Å². The number of nitrogens with one attached hydrogen (secondary N) is 3. The summed E-state index contributed by atoms with van der Waals surface area (Å²) in [6.45, 7) is -0.343. The van der Waals surface area contributed by atoms with E-state index in [1.807, 2.05) is 23.5 Å². The first-order chi connectivity index (χ1) is 16.5. The summed E-state index contributed by atoms with van der Waals surface area (Å²) in [5, 5.41) is 24.7. The number of amides is 3. The molecule has 1 unspecified atom stereocenters. The van der Waals surface area contributed by atoms with Crippen molar-refractivity contribution in [2.45, 2.75) is 18.7 Å². The zero-order valence-electron chi connectivity index (χ0n) is 17.8. The summed E-state index contributed by atoms with van der Waals surface area (Å²) in [6.07, 6.45) is -3.47. The lowest BCUT2D eigenvalue weighted by Gasteiger charge is -2.22. The van der Waals surface area contributed by atoms with Gasteiger partial charge in [0.05, 0.1) is 17.6 Å². The number of nitriles is 1. The smallest absolute Gasteiger partial charge is 0.504 e. The molecule has 3 aromatic rings. The molecule has 6 N–H and O–H groups in total. The number of nitrogens with zero attached hydrogens (tertiary/aromatic N) is 1. The van der Waals surface area contributed by atoms with Crippen LogP contribution in [0.15, 0.2) is 42.6 Å². The third-order valence-corrected chi connectivity index (χ3v) is 5.30. The van der Waals surface area contributed by atoms with Crippen LogP contribution in [0.4, 0.5) is 18.0 Å². The van der Waals surface area contributed by atoms with Crippen LogP contribution in [-0.2, 0) is 11.2 Å². The van der Waals surface area contributed by atoms with Gasteiger partial charge in [0.2, 0.25) is 5.91 Å². The fourth-order valence-corrected chi connectivity index (χ4v) is 3.93. The van der Waals surface area contributed by atoms with Crippen molar-refractivity contribution in [2.24, 2.45) is 5.73 Å². The van der Waals surface area contributed by atoms with Gasteiger partial charge in [-0.2, -0.15) is 5.26 Å². The molecule has 0 fully saturated rings. The number of aromatic hydroxyl groups is 1. The summed E-state index contributed by atoms with van der Waals surface area (Å²) < 4.78 is 42.4. The van der Waals surface area contributed by atoms with Gasteiger partial charge in [0.15, 0.2) is 11.5 Å². The summed E-state index contributed by atoms with van der Waals surface area (Å²) in [5.41, 5.74) is 6.08. The van der Waals surface area contributed by atoms with Crippen LogP contribution >= 0.6 is 12.2 Å². The fraction of sp³-hybridized carbons (Fsp3) is 0.182. The first-order valence-electron chi connectivity index (χ1n) is 9.94. The number of H-pyrrole nitrogens is 1. The van der Waals surface area contributed by atoms with Crippen LogP contribution in [0.25, 0.3) is 10.9 Å². The largest absolute Gasteiger partial charge is 0.573 e. The number of benzene rings is 2. The van der Waals surface area contributed by atoms with Gasteiger partial charge in [0.25, 0.3) is 0 Å². The summed E-state index contributed by atoms with van der Waals surface area (Å²) in [4.78, 5) is 27.0. The highest BCUT2D eigenvalue weighted by molar-refractivity contribution is 7.80. The van der Waals surface area contributed by atoms with Crippen molar-refractivity contribution < 1.29 is 32.6 Å². The molecule has 2 aromatic carbocycles. The van der Waals surface area contributed by atoms with E-state index in [1.165, 1.54) is 0 Å². The number of hydrogen-bond donors (Lipinski definition) is 5. The van der Waals surface area contributed by atoms with Crippen molar-refractivity contribution >= 4 is 40.0 Å². The van der Waals surface area contributed by atoms with E-state index < -0.39 is 46.3 Å². The van der Waals surface area contributed by atoms with Crippen LogP contribution in [-0.4, -0.2) is 39.9 Å². The number of carbonyl (C=O) groups is 2. The number of alkyl halides is 3. The van der Waals surface area contributed by atoms with Gasteiger partial charge >= 0.3 is 12.4 Å². The summed E-state index contributed by atoms with van der Waals surface area (Å²) in [5.74, 6) is -3.84. The van der Waals surface area contributed by atoms with Crippen molar-refractivity contribution in [2.75, 3.05) is 6.54 Å². The molecule has 9 nitrogen and oxygen atoms in total. The number of para-hydroxylation sites is 1. The van der Waals surface area contributed by atoms with Gasteiger partial charge in [0.1, 0.15) is 11.5 Å². The quantitative estimate of drug-likeness (QED) is 0.246. The Bertz CT molecular complexity index is 1330. The lowest BCUT2D eigenvalue weighted by atomic mass is 9.87. The van der Waals surface area contributed by atoms with Crippen molar-refractivity contribution in [1.29, 1.82) is 5.26 Å². The van der Waals surface area contributed by atoms with Crippen LogP contribution in [0.2, 0.25) is 0 Å². The first-order valence-corrected chi connectivity index (χ1v) is 10.3. The maximum absolute atomic E-state index is 13.1. The van der Waals surface area contributed by atoms with Gasteiger partial charge in [-0.1, -0.05) is 36.5 Å². The second-order valence-electron chi connectivity index (χ2n) is 7.23. The van der Waals surface area contributed by atoms with Gasteiger partial charge in [-0.25, -0.2) is 4.79 Å². The SMILES string of the molecule is N#CCNC(=O)C(Cc1c[nH]c2ccccc12)c1ccc(OC(F)(F)F)c(O)c1C(=S)NC(N)=O. The molecule has 13 heteroatoms. The molecule has 0 aliphatic heterocycles. The van der Waals surface area contributed by atoms with E-state index in [-0.39, 0.29) is 18.5 Å². The Kier molecular flexibility index (Phi) is 7.46. The lowest BCUT2D eigenvalue weighted by Crippen LogP contribution is -2.36. The standard InChI is InChI=1S/C22H18F3N5O4S/c23-22(24,25)34-16-6-5-13(17(18(16)31)20(35)30-21(27)33)14(19(32)28-8-7-26)9-11-10-29-15-4-2-1-3-12(11)15/h1-6,10,14,29,31H,8-9H2,(H,28,32)(H3,27,30,33,35). The van der Waals surface area contributed by atoms with E-state index in [4.69, 9.17) is 23.2 Å². The number of phenols is 1. The van der Waals surface area contributed by atoms with Crippen LogP contribution in [0.3, 0.4) is 0 Å². The molecule has 1 atom stereocenters. The highest BCUT2D eigenvalue weighted by Gasteiger charge is 2.35. The zero-order valence-corrected chi connectivity index (χ0v) is 18.6. The minimum absolute atomic E-state index is 0.00632. The average Bonchev–Trinajstić information content (AvgIpc) is 3.18. The van der Waals surface area contributed by atoms with Crippen molar-refractivity contribution in [3.05, 3.63) is 59.3 Å². The average molecular weight is 505 g/mol. The molecule has 0 spiro atoms. The molecule has 0 bridgehead atoms. The second kappa shape index (κ2) is 10.3. The van der Waals surface area contributed by atoms with Crippen LogP contribution in [0.5, 0.6) is 11.5 Å². The number of ether oxygens (including phenoxy) is 1. The molecule has 0 aliphatic carbocycles. The second-order valence-corrected chi connectivity index (χ2v) is 7.64. The van der Waals surface area contributed by atoms with Crippen molar-refractivity contribution in [1.82, 2.24) is 15.6 Å². The van der Waals surface area contributed by atoms with Crippen molar-refractivity contribution in [3.8, 4) is 17.6 Å². The Morgan fingerprint density at radius 1 is 1.26 bits per heavy atom. The van der Waals surface area contributed by atoms with E-state index in [0.29, 0.717) is 5.56 Å². The molecule has 182 valence electrons. The topological polar surface area (TPSA) is 153 Å². The maximum atomic E-state index is 13.1. The third kappa shape index (κ3) is 5.98. The van der Waals surface area contributed by atoms with Gasteiger partial charge < -0.3 is 25.9 Å². The van der Waals surface area contributed by atoms with Gasteiger partial charge in [-0.3, -0.25) is 10.1 Å². The molecule has 0 saturated carbocycles. The molecular formula is C22H18F3N5O4S. The molecule has 3 amide bonds. The van der Waals surface area contributed by atoms with Crippen LogP contribution in [0.1, 0.15) is 22.6 Å². The number of fused-ring (bicyclic) bond motifs is 1. The minimum Gasteiger partial charge on any atom is -0.504 e. The number of thiocarbonyl (C=S) groups is 1. The highest BCUT2D eigenvalue weighted by atomic mass is 32.1. The number of halogens is 3. The maximum Gasteiger partial charge on any atom is 0.573 e. The highest BCUT2D eigenvalue weighted by Crippen LogP contribution is 2.40. The number of nitrogens with two attached hydrogens (primary N) is 1. The normalized spacial score (nSPS) is 11.9. The first kappa shape index (κ1) is 25.3. The molecule has 1 heterocycles. The van der Waals surface area contributed by atoms with Crippen LogP contribution < -0.4 is 21.1 Å². The summed E-state index contributed by atoms with van der Waals surface area (Å²) in [6, 6.07) is 9.81. The number of rotatable bonds is 7. The van der Waals surface area contributed by atoms with E-state index in [0.717, 1.165) is 23.0 Å². The number of urea groups is 1. The molecule has 35 heavy (non-hydrogen) atoms. The number of aromatic amines is 1. The van der Waals surface area contributed by atoms with E-state index in [1.54, 1.807) is 18.3 Å². The van der Waals surface area contributed by atoms with E-state index >= 15 is 0 Å². The van der Waals surface area contributed by atoms with Crippen molar-refractivity contribution in [3.63, 3.8) is 0 Å². The predicted octanol–water partition coefficient (Wildman–Crippen LogP) is 3.08. The molecular weight excluding hydrogens is 487 g/mol. The van der Waals surface area contributed by atoms with Gasteiger partial charge in [0, 0.05) is 17.1 Å². The molecule has 3 rings (SSSR count). The zero-order chi connectivity index (χ0) is 25.8. The number of hydrogen-bond acceptors (Lipinski definition) is 6. The Labute approximate surface area is 201 Å². The number of aromatic nitrogens is 1.